The quantitative estimate of drug-likeness (QED) is 0.819. The average molecular weight is 354 g/mol. The van der Waals surface area contributed by atoms with E-state index in [1.165, 1.54) is 22.3 Å². The van der Waals surface area contributed by atoms with Crippen molar-refractivity contribution in [1.82, 2.24) is 19.2 Å². The molecule has 1 N–H and O–H groups in total. The zero-order chi connectivity index (χ0) is 16.4. The lowest BCUT2D eigenvalue weighted by Crippen LogP contribution is -2.50. The Morgan fingerprint density at radius 1 is 1.26 bits per heavy atom. The second kappa shape index (κ2) is 6.50. The van der Waals surface area contributed by atoms with Crippen LogP contribution in [0.3, 0.4) is 0 Å². The maximum Gasteiger partial charge on any atom is 0.233 e. The zero-order valence-corrected chi connectivity index (χ0v) is 14.4. The number of fused-ring (bicyclic) bond motifs is 1. The van der Waals surface area contributed by atoms with Gasteiger partial charge in [-0.2, -0.15) is 4.31 Å². The third-order valence-electron chi connectivity index (χ3n) is 3.76. The van der Waals surface area contributed by atoms with Gasteiger partial charge in [0.2, 0.25) is 15.9 Å². The van der Waals surface area contributed by atoms with Crippen LogP contribution in [0.1, 0.15) is 0 Å². The molecule has 1 aliphatic rings. The second-order valence-electron chi connectivity index (χ2n) is 5.39. The number of hydrogen-bond acceptors (Lipinski definition) is 5. The van der Waals surface area contributed by atoms with Gasteiger partial charge in [-0.25, -0.2) is 13.4 Å². The molecule has 0 aliphatic carbocycles. The lowest BCUT2D eigenvalue weighted by molar-refractivity contribution is -0.129. The normalized spacial score (nSPS) is 16.8. The van der Waals surface area contributed by atoms with Gasteiger partial charge in [0.05, 0.1) is 23.0 Å². The highest BCUT2D eigenvalue weighted by molar-refractivity contribution is 7.99. The highest BCUT2D eigenvalue weighted by atomic mass is 32.2. The molecule has 0 atom stereocenters. The molecule has 0 unspecified atom stereocenters. The van der Waals surface area contributed by atoms with Crippen LogP contribution in [-0.2, 0) is 14.8 Å². The van der Waals surface area contributed by atoms with Gasteiger partial charge in [-0.1, -0.05) is 23.9 Å². The number of aromatic amines is 1. The van der Waals surface area contributed by atoms with E-state index in [9.17, 15) is 13.2 Å². The highest BCUT2D eigenvalue weighted by Crippen LogP contribution is 2.19. The lowest BCUT2D eigenvalue weighted by atomic mass is 10.3. The van der Waals surface area contributed by atoms with Crippen molar-refractivity contribution < 1.29 is 13.2 Å². The summed E-state index contributed by atoms with van der Waals surface area (Å²) < 4.78 is 24.3. The van der Waals surface area contributed by atoms with Crippen LogP contribution in [0.2, 0.25) is 0 Å². The molecule has 124 valence electrons. The van der Waals surface area contributed by atoms with Crippen LogP contribution >= 0.6 is 11.8 Å². The molecule has 1 saturated heterocycles. The summed E-state index contributed by atoms with van der Waals surface area (Å²) in [6.07, 6.45) is 1.20. The Bertz CT molecular complexity index is 777. The third-order valence-corrected chi connectivity index (χ3v) is 5.92. The molecule has 0 bridgehead atoms. The van der Waals surface area contributed by atoms with E-state index in [1.54, 1.807) is 4.90 Å². The molecule has 1 aromatic heterocycles. The summed E-state index contributed by atoms with van der Waals surface area (Å²) >= 11 is 1.36. The van der Waals surface area contributed by atoms with Crippen molar-refractivity contribution in [2.75, 3.05) is 38.2 Å². The standard InChI is InChI=1S/C14H18N4O3S2/c1-23(20,21)18-8-6-17(7-9-18)13(19)10-22-14-15-11-4-2-3-5-12(11)16-14/h2-5H,6-10H2,1H3,(H,15,16). The predicted octanol–water partition coefficient (Wildman–Crippen LogP) is 0.759. The average Bonchev–Trinajstić information content (AvgIpc) is 2.95. The van der Waals surface area contributed by atoms with E-state index in [2.05, 4.69) is 9.97 Å². The molecule has 1 aliphatic heterocycles. The summed E-state index contributed by atoms with van der Waals surface area (Å²) in [4.78, 5) is 21.5. The fourth-order valence-corrected chi connectivity index (χ4v) is 4.10. The summed E-state index contributed by atoms with van der Waals surface area (Å²) in [7, 11) is -3.17. The number of rotatable bonds is 4. The van der Waals surface area contributed by atoms with Crippen LogP contribution < -0.4 is 0 Å². The van der Waals surface area contributed by atoms with Crippen molar-refractivity contribution in [1.29, 1.82) is 0 Å². The van der Waals surface area contributed by atoms with E-state index >= 15 is 0 Å². The predicted molar refractivity (Wildman–Crippen MR) is 89.8 cm³/mol. The molecule has 0 spiro atoms. The number of imidazole rings is 1. The van der Waals surface area contributed by atoms with E-state index in [1.807, 2.05) is 24.3 Å². The minimum atomic E-state index is -3.17. The fourth-order valence-electron chi connectivity index (χ4n) is 2.49. The number of amides is 1. The summed E-state index contributed by atoms with van der Waals surface area (Å²) in [5, 5.41) is 0.717. The molecular weight excluding hydrogens is 336 g/mol. The molecule has 2 aromatic rings. The highest BCUT2D eigenvalue weighted by Gasteiger charge is 2.25. The van der Waals surface area contributed by atoms with E-state index in [-0.39, 0.29) is 5.91 Å². The van der Waals surface area contributed by atoms with E-state index in [0.29, 0.717) is 37.1 Å². The first-order valence-corrected chi connectivity index (χ1v) is 10.1. The van der Waals surface area contributed by atoms with Gasteiger partial charge in [-0.3, -0.25) is 4.79 Å². The number of carbonyl (C=O) groups is 1. The smallest absolute Gasteiger partial charge is 0.233 e. The van der Waals surface area contributed by atoms with Crippen LogP contribution in [0.15, 0.2) is 29.4 Å². The Balaban J connectivity index is 1.54. The van der Waals surface area contributed by atoms with Gasteiger partial charge in [0.15, 0.2) is 5.16 Å². The van der Waals surface area contributed by atoms with Gasteiger partial charge in [-0.15, -0.1) is 0 Å². The number of nitrogens with zero attached hydrogens (tertiary/aromatic N) is 3. The molecule has 23 heavy (non-hydrogen) atoms. The van der Waals surface area contributed by atoms with Gasteiger partial charge in [0.25, 0.3) is 0 Å². The molecule has 7 nitrogen and oxygen atoms in total. The topological polar surface area (TPSA) is 86.4 Å². The SMILES string of the molecule is CS(=O)(=O)N1CCN(C(=O)CSc2nc3ccccc3[nH]2)CC1. The van der Waals surface area contributed by atoms with Gasteiger partial charge in [0, 0.05) is 26.2 Å². The molecule has 0 radical (unpaired) electrons. The largest absolute Gasteiger partial charge is 0.339 e. The van der Waals surface area contributed by atoms with Crippen molar-refractivity contribution >= 4 is 38.7 Å². The fraction of sp³-hybridized carbons (Fsp3) is 0.429. The Kier molecular flexibility index (Phi) is 4.60. The van der Waals surface area contributed by atoms with Gasteiger partial charge in [-0.05, 0) is 12.1 Å². The third kappa shape index (κ3) is 3.85. The number of carbonyl (C=O) groups excluding carboxylic acids is 1. The molecule has 9 heteroatoms. The molecule has 2 heterocycles. The molecule has 1 aromatic carbocycles. The monoisotopic (exact) mass is 354 g/mol. The van der Waals surface area contributed by atoms with E-state index in [0.717, 1.165) is 11.0 Å². The van der Waals surface area contributed by atoms with Crippen molar-refractivity contribution in [2.24, 2.45) is 0 Å². The van der Waals surface area contributed by atoms with Crippen molar-refractivity contribution in [3.8, 4) is 0 Å². The number of piperazine rings is 1. The summed E-state index contributed by atoms with van der Waals surface area (Å²) in [5.74, 6) is 0.294. The molecule has 1 amide bonds. The molecule has 3 rings (SSSR count). The minimum absolute atomic E-state index is 0.00334. The van der Waals surface area contributed by atoms with Crippen LogP contribution in [0.5, 0.6) is 0 Å². The van der Waals surface area contributed by atoms with Crippen molar-refractivity contribution in [2.45, 2.75) is 5.16 Å². The Morgan fingerprint density at radius 2 is 1.96 bits per heavy atom. The van der Waals surface area contributed by atoms with Gasteiger partial charge < -0.3 is 9.88 Å². The second-order valence-corrected chi connectivity index (χ2v) is 8.34. The maximum absolute atomic E-state index is 12.2. The van der Waals surface area contributed by atoms with Crippen molar-refractivity contribution in [3.63, 3.8) is 0 Å². The number of benzene rings is 1. The number of nitrogens with one attached hydrogen (secondary N) is 1. The number of para-hydroxylation sites is 2. The zero-order valence-electron chi connectivity index (χ0n) is 12.7. The first-order chi connectivity index (χ1) is 10.9. The number of H-pyrrole nitrogens is 1. The van der Waals surface area contributed by atoms with Crippen LogP contribution in [0.4, 0.5) is 0 Å². The Labute approximate surface area is 139 Å². The van der Waals surface area contributed by atoms with E-state index < -0.39 is 10.0 Å². The summed E-state index contributed by atoms with van der Waals surface area (Å²) in [5.41, 5.74) is 1.83. The first-order valence-electron chi connectivity index (χ1n) is 7.24. The molecule has 1 fully saturated rings. The molecular formula is C14H18N4O3S2. The van der Waals surface area contributed by atoms with Gasteiger partial charge in [0.1, 0.15) is 0 Å². The minimum Gasteiger partial charge on any atom is -0.339 e. The van der Waals surface area contributed by atoms with Crippen LogP contribution in [-0.4, -0.2) is 71.7 Å². The Hall–Kier alpha value is -1.58. The van der Waals surface area contributed by atoms with Gasteiger partial charge >= 0.3 is 0 Å². The first kappa shape index (κ1) is 16.3. The van der Waals surface area contributed by atoms with Crippen LogP contribution in [0.25, 0.3) is 11.0 Å². The number of hydrogen-bond donors (Lipinski definition) is 1. The van der Waals surface area contributed by atoms with Crippen LogP contribution in [0, 0.1) is 0 Å². The van der Waals surface area contributed by atoms with Crippen molar-refractivity contribution in [3.05, 3.63) is 24.3 Å². The lowest BCUT2D eigenvalue weighted by Gasteiger charge is -2.33. The number of sulfonamides is 1. The Morgan fingerprint density at radius 3 is 2.61 bits per heavy atom. The summed E-state index contributed by atoms with van der Waals surface area (Å²) in [6, 6.07) is 7.71. The maximum atomic E-state index is 12.2. The number of aromatic nitrogens is 2. The number of thioether (sulfide) groups is 1. The van der Waals surface area contributed by atoms with E-state index in [4.69, 9.17) is 0 Å². The summed E-state index contributed by atoms with van der Waals surface area (Å²) in [6.45, 7) is 1.60. The molecule has 0 saturated carbocycles.